The highest BCUT2D eigenvalue weighted by Crippen LogP contribution is 2.27. The number of hydrogen-bond acceptors (Lipinski definition) is 8. The van der Waals surface area contributed by atoms with Crippen LogP contribution in [-0.4, -0.2) is 76.1 Å². The molecule has 142 valence electrons. The quantitative estimate of drug-likeness (QED) is 0.443. The fourth-order valence-electron chi connectivity index (χ4n) is 2.72. The second-order valence-electron chi connectivity index (χ2n) is 6.19. The molecule has 5 N–H and O–H groups in total. The van der Waals surface area contributed by atoms with E-state index in [-0.39, 0.29) is 11.9 Å². The van der Waals surface area contributed by atoms with E-state index in [0.29, 0.717) is 18.6 Å². The van der Waals surface area contributed by atoms with Gasteiger partial charge in [-0.05, 0) is 37.5 Å². The first-order valence-electron chi connectivity index (χ1n) is 8.19. The molecule has 1 heterocycles. The second-order valence-corrected chi connectivity index (χ2v) is 6.19. The van der Waals surface area contributed by atoms with Gasteiger partial charge >= 0.3 is 0 Å². The zero-order valence-corrected chi connectivity index (χ0v) is 14.3. The molecule has 1 aliphatic heterocycles. The van der Waals surface area contributed by atoms with Gasteiger partial charge in [-0.2, -0.15) is 0 Å². The third-order valence-electron chi connectivity index (χ3n) is 4.30. The number of ether oxygens (including phenoxy) is 3. The minimum Gasteiger partial charge on any atom is -0.504 e. The highest BCUT2D eigenvalue weighted by molar-refractivity contribution is 5.41. The van der Waals surface area contributed by atoms with Gasteiger partial charge in [-0.25, -0.2) is 0 Å². The van der Waals surface area contributed by atoms with E-state index in [0.717, 1.165) is 5.56 Å². The van der Waals surface area contributed by atoms with Crippen LogP contribution in [0.25, 0.3) is 0 Å². The first-order chi connectivity index (χ1) is 11.9. The van der Waals surface area contributed by atoms with Crippen molar-refractivity contribution in [2.45, 2.75) is 56.6 Å². The minimum absolute atomic E-state index is 0.0665. The van der Waals surface area contributed by atoms with E-state index in [1.165, 1.54) is 7.11 Å². The van der Waals surface area contributed by atoms with Crippen molar-refractivity contribution in [3.8, 4) is 11.5 Å². The second kappa shape index (κ2) is 8.79. The molecule has 0 spiro atoms. The average Bonchev–Trinajstić information content (AvgIpc) is 2.61. The predicted octanol–water partition coefficient (Wildman–Crippen LogP) is -0.462. The molecule has 0 unspecified atom stereocenters. The highest BCUT2D eigenvalue weighted by Gasteiger charge is 2.44. The van der Waals surface area contributed by atoms with Crippen LogP contribution >= 0.6 is 0 Å². The van der Waals surface area contributed by atoms with E-state index in [2.05, 4.69) is 0 Å². The van der Waals surface area contributed by atoms with Gasteiger partial charge in [-0.3, -0.25) is 0 Å². The Kier molecular flexibility index (Phi) is 7.00. The normalized spacial score (nSPS) is 30.9. The van der Waals surface area contributed by atoms with Crippen LogP contribution in [0.2, 0.25) is 0 Å². The Bertz CT molecular complexity index is 549. The third-order valence-corrected chi connectivity index (χ3v) is 4.30. The summed E-state index contributed by atoms with van der Waals surface area (Å²) in [6.45, 7) is 1.30. The molecule has 0 bridgehead atoms. The van der Waals surface area contributed by atoms with Crippen molar-refractivity contribution in [3.05, 3.63) is 23.8 Å². The molecule has 1 aromatic carbocycles. The predicted molar refractivity (Wildman–Crippen MR) is 87.3 cm³/mol. The molecule has 6 atom stereocenters. The van der Waals surface area contributed by atoms with Crippen molar-refractivity contribution >= 4 is 0 Å². The monoisotopic (exact) mass is 358 g/mol. The molecular formula is C17H26O8. The summed E-state index contributed by atoms with van der Waals surface area (Å²) in [7, 11) is 1.48. The number of aromatic hydroxyl groups is 1. The van der Waals surface area contributed by atoms with Crippen LogP contribution in [0, 0.1) is 0 Å². The molecule has 2 rings (SSSR count). The van der Waals surface area contributed by atoms with Crippen LogP contribution in [0.5, 0.6) is 11.5 Å². The average molecular weight is 358 g/mol. The van der Waals surface area contributed by atoms with Crippen molar-refractivity contribution in [2.75, 3.05) is 13.7 Å². The van der Waals surface area contributed by atoms with Gasteiger partial charge in [0.15, 0.2) is 17.8 Å². The van der Waals surface area contributed by atoms with Crippen molar-refractivity contribution in [1.82, 2.24) is 0 Å². The van der Waals surface area contributed by atoms with Gasteiger partial charge in [0.05, 0.1) is 19.8 Å². The maximum absolute atomic E-state index is 9.97. The zero-order chi connectivity index (χ0) is 18.6. The lowest BCUT2D eigenvalue weighted by molar-refractivity contribution is -0.310. The summed E-state index contributed by atoms with van der Waals surface area (Å²) in [6.07, 6.45) is -5.49. The number of aliphatic hydroxyl groups is 4. The molecule has 0 amide bonds. The van der Waals surface area contributed by atoms with Gasteiger partial charge < -0.3 is 39.7 Å². The molecule has 1 aliphatic rings. The van der Waals surface area contributed by atoms with Crippen molar-refractivity contribution in [1.29, 1.82) is 0 Å². The molecular weight excluding hydrogens is 332 g/mol. The van der Waals surface area contributed by atoms with Gasteiger partial charge in [0.1, 0.15) is 24.4 Å². The van der Waals surface area contributed by atoms with Crippen LogP contribution in [0.4, 0.5) is 0 Å². The van der Waals surface area contributed by atoms with E-state index in [1.807, 2.05) is 0 Å². The number of phenols is 1. The molecule has 8 heteroatoms. The van der Waals surface area contributed by atoms with Crippen LogP contribution in [0.1, 0.15) is 18.9 Å². The summed E-state index contributed by atoms with van der Waals surface area (Å²) < 4.78 is 16.0. The fourth-order valence-corrected chi connectivity index (χ4v) is 2.72. The van der Waals surface area contributed by atoms with Crippen molar-refractivity contribution in [2.24, 2.45) is 0 Å². The highest BCUT2D eigenvalue weighted by atomic mass is 16.7. The summed E-state index contributed by atoms with van der Waals surface area (Å²) >= 11 is 0. The summed E-state index contributed by atoms with van der Waals surface area (Å²) in [5, 5.41) is 48.3. The Morgan fingerprint density at radius 3 is 2.52 bits per heavy atom. The Morgan fingerprint density at radius 1 is 1.16 bits per heavy atom. The van der Waals surface area contributed by atoms with E-state index in [1.54, 1.807) is 25.1 Å². The molecule has 1 fully saturated rings. The number of hydrogen-bond donors (Lipinski definition) is 5. The lowest BCUT2D eigenvalue weighted by atomic mass is 9.99. The third kappa shape index (κ3) is 4.81. The molecule has 1 aromatic rings. The Labute approximate surface area is 146 Å². The summed E-state index contributed by atoms with van der Waals surface area (Å²) in [6, 6.07) is 5.06. The van der Waals surface area contributed by atoms with Crippen LogP contribution in [-0.2, 0) is 15.9 Å². The standard InChI is InChI=1S/C17H26O8/c1-9(3-4-10-5-6-11(19)12(7-10)23-2)24-17-16(22)15(21)14(20)13(8-18)25-17/h5-7,9,13-22H,3-4,8H2,1-2H3/t9-,13+,14+,15-,16+,17+/m0/s1. The van der Waals surface area contributed by atoms with Gasteiger partial charge in [0.2, 0.25) is 0 Å². The Morgan fingerprint density at radius 2 is 1.88 bits per heavy atom. The SMILES string of the molecule is COc1cc(CC[C@H](C)O[C@@H]2O[C@H](CO)[C@@H](O)[C@H](O)[C@H]2O)ccc1O. The maximum atomic E-state index is 9.97. The summed E-state index contributed by atoms with van der Waals surface area (Å²) in [5.74, 6) is 0.455. The number of rotatable bonds is 7. The van der Waals surface area contributed by atoms with Crippen LogP contribution < -0.4 is 4.74 Å². The van der Waals surface area contributed by atoms with Crippen LogP contribution in [0.15, 0.2) is 18.2 Å². The summed E-state index contributed by atoms with van der Waals surface area (Å²) in [4.78, 5) is 0. The van der Waals surface area contributed by atoms with E-state index < -0.39 is 37.3 Å². The largest absolute Gasteiger partial charge is 0.504 e. The molecule has 25 heavy (non-hydrogen) atoms. The Balaban J connectivity index is 1.90. The zero-order valence-electron chi connectivity index (χ0n) is 14.3. The maximum Gasteiger partial charge on any atom is 0.186 e. The number of benzene rings is 1. The van der Waals surface area contributed by atoms with Gasteiger partial charge in [0, 0.05) is 0 Å². The lowest BCUT2D eigenvalue weighted by Crippen LogP contribution is -2.59. The topological polar surface area (TPSA) is 129 Å². The van der Waals surface area contributed by atoms with Crippen molar-refractivity contribution < 1.29 is 39.7 Å². The number of aliphatic hydroxyl groups excluding tert-OH is 4. The Hall–Kier alpha value is -1.42. The fraction of sp³-hybridized carbons (Fsp3) is 0.647. The van der Waals surface area contributed by atoms with Crippen molar-refractivity contribution in [3.63, 3.8) is 0 Å². The van der Waals surface area contributed by atoms with Gasteiger partial charge in [-0.1, -0.05) is 6.07 Å². The van der Waals surface area contributed by atoms with Crippen LogP contribution in [0.3, 0.4) is 0 Å². The molecule has 0 saturated carbocycles. The number of methoxy groups -OCH3 is 1. The molecule has 8 nitrogen and oxygen atoms in total. The first kappa shape index (κ1) is 19.9. The van der Waals surface area contributed by atoms with Gasteiger partial charge in [-0.15, -0.1) is 0 Å². The van der Waals surface area contributed by atoms with E-state index in [4.69, 9.17) is 14.2 Å². The first-order valence-corrected chi connectivity index (χ1v) is 8.19. The minimum atomic E-state index is -1.45. The van der Waals surface area contributed by atoms with E-state index in [9.17, 15) is 25.5 Å². The molecule has 1 saturated heterocycles. The number of phenolic OH excluding ortho intramolecular Hbond substituents is 1. The molecule has 0 aliphatic carbocycles. The lowest BCUT2D eigenvalue weighted by Gasteiger charge is -2.40. The molecule has 0 radical (unpaired) electrons. The number of aryl methyl sites for hydroxylation is 1. The smallest absolute Gasteiger partial charge is 0.186 e. The van der Waals surface area contributed by atoms with E-state index >= 15 is 0 Å². The molecule has 0 aromatic heterocycles. The summed E-state index contributed by atoms with van der Waals surface area (Å²) in [5.41, 5.74) is 0.943. The van der Waals surface area contributed by atoms with Gasteiger partial charge in [0.25, 0.3) is 0 Å².